The molecule has 0 aliphatic heterocycles. The summed E-state index contributed by atoms with van der Waals surface area (Å²) in [4.78, 5) is 0. The maximum atomic E-state index is 6.94. The van der Waals surface area contributed by atoms with Gasteiger partial charge in [0.05, 0.1) is 0 Å². The van der Waals surface area contributed by atoms with Gasteiger partial charge in [-0.15, -0.1) is 0 Å². The third kappa shape index (κ3) is 15.7. The van der Waals surface area contributed by atoms with E-state index in [0.717, 1.165) is 38.5 Å². The average molecular weight is 708 g/mol. The van der Waals surface area contributed by atoms with Crippen LogP contribution in [0.4, 0.5) is 0 Å². The molecule has 0 aliphatic carbocycles. The molecule has 0 bridgehead atoms. The van der Waals surface area contributed by atoms with Gasteiger partial charge in [-0.05, 0) is 0 Å². The molecule has 0 fully saturated rings. The van der Waals surface area contributed by atoms with E-state index in [1.165, 1.54) is 0 Å². The number of hydrogen-bond acceptors (Lipinski definition) is 10. The molecule has 0 aromatic carbocycles. The first-order chi connectivity index (χ1) is 19.3. The van der Waals surface area contributed by atoms with Crippen LogP contribution in [0, 0.1) is 0 Å². The summed E-state index contributed by atoms with van der Waals surface area (Å²) in [6.45, 7) is 28.5. The molecule has 0 N–H and O–H groups in total. The quantitative estimate of drug-likeness (QED) is 0.0835. The van der Waals surface area contributed by atoms with Crippen LogP contribution in [0.3, 0.4) is 0 Å². The summed E-state index contributed by atoms with van der Waals surface area (Å²) in [7, 11) is -7.86. The van der Waals surface area contributed by atoms with E-state index in [4.69, 9.17) is 37.2 Å². The van der Waals surface area contributed by atoms with Crippen molar-refractivity contribution in [3.63, 3.8) is 0 Å². The average Bonchev–Trinajstić information content (AvgIpc) is 2.92. The molecule has 13 heteroatoms. The zero-order valence-corrected chi connectivity index (χ0v) is 33.2. The number of hydrogen-bond donors (Lipinski definition) is 0. The van der Waals surface area contributed by atoms with E-state index in [9.17, 15) is 0 Å². The second kappa shape index (κ2) is 21.6. The van der Waals surface area contributed by atoms with Crippen LogP contribution >= 0.6 is 0 Å². The van der Waals surface area contributed by atoms with E-state index >= 15 is 0 Å². The van der Waals surface area contributed by atoms with Gasteiger partial charge in [0.25, 0.3) is 0 Å². The van der Waals surface area contributed by atoms with Crippen LogP contribution in [-0.2, 0) is 59.2 Å². The van der Waals surface area contributed by atoms with Crippen LogP contribution in [0.15, 0.2) is 0 Å². The Labute approximate surface area is 261 Å². The van der Waals surface area contributed by atoms with Crippen LogP contribution < -0.4 is 0 Å². The first-order valence-corrected chi connectivity index (χ1v) is 23.3. The van der Waals surface area contributed by atoms with Gasteiger partial charge in [-0.3, -0.25) is 0 Å². The molecule has 6 unspecified atom stereocenters. The summed E-state index contributed by atoms with van der Waals surface area (Å²) in [6.07, 6.45) is 3.23. The van der Waals surface area contributed by atoms with Crippen molar-refractivity contribution < 1.29 is 59.2 Å². The maximum absolute atomic E-state index is 6.94. The van der Waals surface area contributed by atoms with Crippen molar-refractivity contribution in [1.29, 1.82) is 0 Å². The van der Waals surface area contributed by atoms with Gasteiger partial charge in [0.2, 0.25) is 0 Å². The van der Waals surface area contributed by atoms with Crippen LogP contribution in [-0.4, -0.2) is 67.9 Å². The molecule has 0 radical (unpaired) electrons. The Morgan fingerprint density at radius 3 is 0.732 bits per heavy atom. The zero-order chi connectivity index (χ0) is 31.7. The van der Waals surface area contributed by atoms with Gasteiger partial charge in [0.1, 0.15) is 0 Å². The summed E-state index contributed by atoms with van der Waals surface area (Å²) in [5.74, 6) is 0. The van der Waals surface area contributed by atoms with Crippen molar-refractivity contribution in [2.75, 3.05) is 13.2 Å². The second-order valence-corrected chi connectivity index (χ2v) is 21.3. The van der Waals surface area contributed by atoms with Gasteiger partial charge >= 0.3 is 263 Å². The Kier molecular flexibility index (Phi) is 22.1. The van der Waals surface area contributed by atoms with Crippen LogP contribution in [0.2, 0.25) is 0 Å². The van der Waals surface area contributed by atoms with E-state index in [0.29, 0.717) is 0 Å². The SMILES string of the molecule is CC[O][Zr]([O]CC)([O][Si](OC(C)CC)(OC(C)CC)OC(C)CC)[O][Si](OC(C)CC)(OC(C)CC)OC(C)CC. The Morgan fingerprint density at radius 1 is 0.390 bits per heavy atom. The van der Waals surface area contributed by atoms with E-state index < -0.39 is 40.1 Å². The van der Waals surface area contributed by atoms with E-state index in [1.54, 1.807) is 0 Å². The van der Waals surface area contributed by atoms with Gasteiger partial charge in [0.15, 0.2) is 0 Å². The zero-order valence-electron chi connectivity index (χ0n) is 28.7. The summed E-state index contributed by atoms with van der Waals surface area (Å²) >= 11 is -5.21. The minimum atomic E-state index is -5.21. The molecular weight excluding hydrogens is 644 g/mol. The molecular formula is C28H64O10Si2Zr. The Balaban J connectivity index is 7.24. The standard InChI is InChI=1S/2C12H27O4Si.2C2H5O.Zr/c2*1-7-10(4)14-17(13,15-11(5)8-2)16-12(6)9-3;2*1-2-3;/h2*10-12H,7-9H2,1-6H3;2*2H2,1H3;/q4*-1;+4. The summed E-state index contributed by atoms with van der Waals surface area (Å²) in [6, 6.07) is 0. The molecule has 0 rings (SSSR count). The molecule has 0 aromatic heterocycles. The first kappa shape index (κ1) is 41.9. The Hall–Kier alpha value is 0.917. The van der Waals surface area contributed by atoms with Gasteiger partial charge in [-0.25, -0.2) is 0 Å². The van der Waals surface area contributed by atoms with Crippen LogP contribution in [0.1, 0.15) is 135 Å². The van der Waals surface area contributed by atoms with Crippen molar-refractivity contribution >= 4 is 18.1 Å². The van der Waals surface area contributed by atoms with Gasteiger partial charge in [0, 0.05) is 0 Å². The third-order valence-corrected chi connectivity index (χ3v) is 22.3. The molecule has 10 nitrogen and oxygen atoms in total. The summed E-state index contributed by atoms with van der Waals surface area (Å²) in [5.41, 5.74) is 0. The predicted molar refractivity (Wildman–Crippen MR) is 162 cm³/mol. The topological polar surface area (TPSA) is 92.3 Å². The van der Waals surface area contributed by atoms with Crippen molar-refractivity contribution in [3.05, 3.63) is 0 Å². The monoisotopic (exact) mass is 706 g/mol. The van der Waals surface area contributed by atoms with Crippen LogP contribution in [0.5, 0.6) is 0 Å². The van der Waals surface area contributed by atoms with E-state index in [2.05, 4.69) is 0 Å². The van der Waals surface area contributed by atoms with E-state index in [1.807, 2.05) is 96.9 Å². The van der Waals surface area contributed by atoms with E-state index in [-0.39, 0.29) is 49.8 Å². The minimum absolute atomic E-state index is 0.201. The molecule has 248 valence electrons. The normalized spacial score (nSPS) is 20.0. The summed E-state index contributed by atoms with van der Waals surface area (Å²) < 4.78 is 66.2. The molecule has 0 aliphatic rings. The fourth-order valence-corrected chi connectivity index (χ4v) is 20.0. The van der Waals surface area contributed by atoms with Crippen molar-refractivity contribution in [3.8, 4) is 0 Å². The molecule has 0 amide bonds. The third-order valence-electron chi connectivity index (χ3n) is 6.66. The van der Waals surface area contributed by atoms with Crippen molar-refractivity contribution in [2.45, 2.75) is 172 Å². The Morgan fingerprint density at radius 2 is 0.585 bits per heavy atom. The molecule has 6 atom stereocenters. The van der Waals surface area contributed by atoms with Crippen molar-refractivity contribution in [1.82, 2.24) is 0 Å². The van der Waals surface area contributed by atoms with Crippen molar-refractivity contribution in [2.24, 2.45) is 0 Å². The fourth-order valence-electron chi connectivity index (χ4n) is 3.13. The molecule has 0 heterocycles. The number of rotatable bonds is 26. The van der Waals surface area contributed by atoms with Gasteiger partial charge < -0.3 is 0 Å². The summed E-state index contributed by atoms with van der Waals surface area (Å²) in [5, 5.41) is 0. The van der Waals surface area contributed by atoms with Gasteiger partial charge in [-0.2, -0.15) is 0 Å². The molecule has 0 aromatic rings. The predicted octanol–water partition coefficient (Wildman–Crippen LogP) is 7.67. The molecule has 0 saturated heterocycles. The first-order valence-electron chi connectivity index (χ1n) is 16.0. The fraction of sp³-hybridized carbons (Fsp3) is 1.00. The van der Waals surface area contributed by atoms with Gasteiger partial charge in [-0.1, -0.05) is 0 Å². The Bertz CT molecular complexity index is 549. The second-order valence-electron chi connectivity index (χ2n) is 10.6. The molecule has 41 heavy (non-hydrogen) atoms. The molecule has 0 spiro atoms. The van der Waals surface area contributed by atoms with Crippen LogP contribution in [0.25, 0.3) is 0 Å². The molecule has 0 saturated carbocycles.